The molecule has 104 valence electrons. The average Bonchev–Trinajstić information content (AvgIpc) is 2.97. The molecule has 0 aliphatic carbocycles. The minimum Gasteiger partial charge on any atom is -0.297 e. The monoisotopic (exact) mass is 407 g/mol. The maximum absolute atomic E-state index is 12.2. The highest BCUT2D eigenvalue weighted by atomic mass is 127. The Labute approximate surface area is 139 Å². The lowest BCUT2D eigenvalue weighted by Crippen LogP contribution is -2.13. The van der Waals surface area contributed by atoms with E-state index in [0.717, 1.165) is 9.13 Å². The van der Waals surface area contributed by atoms with Gasteiger partial charge in [0.25, 0.3) is 5.91 Å². The first kappa shape index (κ1) is 14.2. The summed E-state index contributed by atoms with van der Waals surface area (Å²) in [7, 11) is 0. The quantitative estimate of drug-likeness (QED) is 0.667. The summed E-state index contributed by atoms with van der Waals surface area (Å²) in [5.41, 5.74) is 1.57. The molecule has 0 radical (unpaired) electrons. The minimum absolute atomic E-state index is 0.171. The van der Waals surface area contributed by atoms with E-state index in [2.05, 4.69) is 37.3 Å². The Morgan fingerprint density at radius 2 is 1.76 bits per heavy atom. The Morgan fingerprint density at radius 3 is 2.52 bits per heavy atom. The van der Waals surface area contributed by atoms with Gasteiger partial charge in [0.1, 0.15) is 0 Å². The summed E-state index contributed by atoms with van der Waals surface area (Å²) in [6.07, 6.45) is 0. The van der Waals surface area contributed by atoms with Crippen molar-refractivity contribution in [3.8, 4) is 11.4 Å². The lowest BCUT2D eigenvalue weighted by molar-refractivity contribution is 0.102. The Hall–Kier alpha value is -1.80. The molecule has 1 aromatic heterocycles. The molecule has 3 rings (SSSR count). The summed E-state index contributed by atoms with van der Waals surface area (Å²) in [6, 6.07) is 17.1. The Balaban J connectivity index is 1.79. The van der Waals surface area contributed by atoms with Crippen LogP contribution < -0.4 is 5.32 Å². The van der Waals surface area contributed by atoms with E-state index in [1.165, 1.54) is 11.5 Å². The molecule has 0 aliphatic heterocycles. The van der Waals surface area contributed by atoms with Gasteiger partial charge >= 0.3 is 0 Å². The molecule has 6 heteroatoms. The van der Waals surface area contributed by atoms with E-state index in [1.54, 1.807) is 6.07 Å². The highest BCUT2D eigenvalue weighted by Gasteiger charge is 2.12. The van der Waals surface area contributed by atoms with Crippen LogP contribution in [-0.4, -0.2) is 15.3 Å². The van der Waals surface area contributed by atoms with Crippen LogP contribution in [0.1, 0.15) is 10.4 Å². The van der Waals surface area contributed by atoms with Crippen molar-refractivity contribution in [3.63, 3.8) is 0 Å². The van der Waals surface area contributed by atoms with Crippen molar-refractivity contribution in [2.75, 3.05) is 5.32 Å². The summed E-state index contributed by atoms with van der Waals surface area (Å²) in [6.45, 7) is 0. The van der Waals surface area contributed by atoms with E-state index < -0.39 is 0 Å². The summed E-state index contributed by atoms with van der Waals surface area (Å²) in [4.78, 5) is 16.6. The largest absolute Gasteiger partial charge is 0.297 e. The van der Waals surface area contributed by atoms with Gasteiger partial charge in [0.2, 0.25) is 5.13 Å². The number of anilines is 1. The predicted octanol–water partition coefficient (Wildman–Crippen LogP) is 4.06. The van der Waals surface area contributed by atoms with Crippen molar-refractivity contribution in [2.24, 2.45) is 0 Å². The number of carbonyl (C=O) groups excluding carboxylic acids is 1. The summed E-state index contributed by atoms with van der Waals surface area (Å²) in [5.74, 6) is 0.453. The van der Waals surface area contributed by atoms with Crippen molar-refractivity contribution in [3.05, 3.63) is 63.7 Å². The van der Waals surface area contributed by atoms with E-state index in [-0.39, 0.29) is 5.91 Å². The molecule has 21 heavy (non-hydrogen) atoms. The number of carbonyl (C=O) groups is 1. The van der Waals surface area contributed by atoms with Crippen molar-refractivity contribution < 1.29 is 4.79 Å². The molecule has 0 spiro atoms. The van der Waals surface area contributed by atoms with Gasteiger partial charge in [-0.2, -0.15) is 9.36 Å². The number of aromatic nitrogens is 2. The summed E-state index contributed by atoms with van der Waals surface area (Å²) < 4.78 is 5.17. The molecule has 0 unspecified atom stereocenters. The molecule has 0 fully saturated rings. The maximum Gasteiger partial charge on any atom is 0.258 e. The molecular weight excluding hydrogens is 397 g/mol. The molecule has 1 heterocycles. The topological polar surface area (TPSA) is 54.9 Å². The zero-order chi connectivity index (χ0) is 14.7. The van der Waals surface area contributed by atoms with Gasteiger partial charge in [-0.15, -0.1) is 0 Å². The first-order chi connectivity index (χ1) is 10.2. The van der Waals surface area contributed by atoms with Crippen LogP contribution >= 0.6 is 34.1 Å². The third-order valence-electron chi connectivity index (χ3n) is 2.80. The van der Waals surface area contributed by atoms with Crippen LogP contribution in [0.3, 0.4) is 0 Å². The van der Waals surface area contributed by atoms with E-state index in [4.69, 9.17) is 0 Å². The summed E-state index contributed by atoms with van der Waals surface area (Å²) in [5, 5.41) is 3.29. The Morgan fingerprint density at radius 1 is 1.05 bits per heavy atom. The number of rotatable bonds is 3. The third-order valence-corrected chi connectivity index (χ3v) is 4.37. The van der Waals surface area contributed by atoms with Gasteiger partial charge in [0.05, 0.1) is 5.56 Å². The molecule has 0 aliphatic rings. The second-order valence-corrected chi connectivity index (χ2v) is 6.14. The van der Waals surface area contributed by atoms with Crippen molar-refractivity contribution in [1.82, 2.24) is 9.36 Å². The Kier molecular flexibility index (Phi) is 4.26. The average molecular weight is 407 g/mol. The van der Waals surface area contributed by atoms with E-state index >= 15 is 0 Å². The molecule has 0 saturated heterocycles. The number of nitrogens with zero attached hydrogens (tertiary/aromatic N) is 2. The van der Waals surface area contributed by atoms with Crippen molar-refractivity contribution in [2.45, 2.75) is 0 Å². The molecule has 4 nitrogen and oxygen atoms in total. The standard InChI is InChI=1S/C15H10IN3OS/c16-12-9-5-4-8-11(12)14(20)18-15-17-13(19-21-15)10-6-2-1-3-7-10/h1-9H,(H,17,18,19,20). The van der Waals surface area contributed by atoms with E-state index in [1.807, 2.05) is 48.5 Å². The fourth-order valence-corrected chi connectivity index (χ4v) is 3.01. The third kappa shape index (κ3) is 3.27. The smallest absolute Gasteiger partial charge is 0.258 e. The van der Waals surface area contributed by atoms with Gasteiger partial charge in [0.15, 0.2) is 5.82 Å². The lowest BCUT2D eigenvalue weighted by atomic mass is 10.2. The predicted molar refractivity (Wildman–Crippen MR) is 92.5 cm³/mol. The molecule has 0 saturated carbocycles. The van der Waals surface area contributed by atoms with Gasteiger partial charge < -0.3 is 0 Å². The number of amides is 1. The number of nitrogens with one attached hydrogen (secondary N) is 1. The molecule has 2 aromatic carbocycles. The second-order valence-electron chi connectivity index (χ2n) is 4.22. The zero-order valence-corrected chi connectivity index (χ0v) is 13.8. The minimum atomic E-state index is -0.171. The summed E-state index contributed by atoms with van der Waals surface area (Å²) >= 11 is 3.32. The molecular formula is C15H10IN3OS. The van der Waals surface area contributed by atoms with Gasteiger partial charge in [0, 0.05) is 20.7 Å². The van der Waals surface area contributed by atoms with Gasteiger partial charge in [-0.3, -0.25) is 10.1 Å². The molecule has 1 amide bonds. The van der Waals surface area contributed by atoms with Crippen molar-refractivity contribution >= 4 is 45.2 Å². The zero-order valence-electron chi connectivity index (χ0n) is 10.8. The fraction of sp³-hybridized carbons (Fsp3) is 0. The Bertz CT molecular complexity index is 773. The van der Waals surface area contributed by atoms with Crippen molar-refractivity contribution in [1.29, 1.82) is 0 Å². The molecule has 3 aromatic rings. The van der Waals surface area contributed by atoms with E-state index in [9.17, 15) is 4.79 Å². The highest BCUT2D eigenvalue weighted by Crippen LogP contribution is 2.21. The van der Waals surface area contributed by atoms with Crippen LogP contribution in [0.15, 0.2) is 54.6 Å². The van der Waals surface area contributed by atoms with Gasteiger partial charge in [-0.1, -0.05) is 42.5 Å². The normalized spacial score (nSPS) is 10.3. The number of benzene rings is 2. The van der Waals surface area contributed by atoms with Gasteiger partial charge in [-0.25, -0.2) is 0 Å². The van der Waals surface area contributed by atoms with Crippen LogP contribution in [0.2, 0.25) is 0 Å². The number of halogens is 1. The highest BCUT2D eigenvalue weighted by molar-refractivity contribution is 14.1. The van der Waals surface area contributed by atoms with Crippen LogP contribution in [0.5, 0.6) is 0 Å². The number of hydrogen-bond acceptors (Lipinski definition) is 4. The van der Waals surface area contributed by atoms with Crippen LogP contribution in [0, 0.1) is 3.57 Å². The first-order valence-corrected chi connectivity index (χ1v) is 8.04. The molecule has 1 N–H and O–H groups in total. The SMILES string of the molecule is O=C(Nc1nc(-c2ccccc2)ns1)c1ccccc1I. The van der Waals surface area contributed by atoms with Crippen LogP contribution in [0.4, 0.5) is 5.13 Å². The van der Waals surface area contributed by atoms with E-state index in [0.29, 0.717) is 16.5 Å². The second kappa shape index (κ2) is 6.31. The lowest BCUT2D eigenvalue weighted by Gasteiger charge is -2.03. The maximum atomic E-state index is 12.2. The molecule has 0 atom stereocenters. The van der Waals surface area contributed by atoms with Crippen LogP contribution in [-0.2, 0) is 0 Å². The molecule has 0 bridgehead atoms. The van der Waals surface area contributed by atoms with Crippen LogP contribution in [0.25, 0.3) is 11.4 Å². The first-order valence-electron chi connectivity index (χ1n) is 6.19. The van der Waals surface area contributed by atoms with Gasteiger partial charge in [-0.05, 0) is 34.7 Å². The number of hydrogen-bond donors (Lipinski definition) is 1. The fourth-order valence-electron chi connectivity index (χ4n) is 1.79.